The summed E-state index contributed by atoms with van der Waals surface area (Å²) in [6.07, 6.45) is 2.83. The van der Waals surface area contributed by atoms with Crippen molar-refractivity contribution in [2.75, 3.05) is 17.8 Å². The summed E-state index contributed by atoms with van der Waals surface area (Å²) in [6, 6.07) is 9.71. The molecule has 5 rings (SSSR count). The second kappa shape index (κ2) is 10.1. The number of anilines is 1. The molecule has 186 valence electrons. The Labute approximate surface area is 215 Å². The van der Waals surface area contributed by atoms with E-state index in [4.69, 9.17) is 16.3 Å². The van der Waals surface area contributed by atoms with Crippen LogP contribution in [-0.4, -0.2) is 36.4 Å². The Morgan fingerprint density at radius 3 is 2.61 bits per heavy atom. The average Bonchev–Trinajstić information content (AvgIpc) is 3.32. The topological polar surface area (TPSA) is 84.4 Å². The van der Waals surface area contributed by atoms with Crippen molar-refractivity contribution in [1.82, 2.24) is 14.9 Å². The Morgan fingerprint density at radius 2 is 1.89 bits per heavy atom. The Morgan fingerprint density at radius 1 is 1.06 bits per heavy atom. The summed E-state index contributed by atoms with van der Waals surface area (Å²) < 4.78 is 62.7. The monoisotopic (exact) mass is 548 g/mol. The SMILES string of the molecule is O=S(=O)(Nc1cscn1)c1cc(F)c(Oc2ccc(Cl)cc2-c2ccnc(CN3CCC3)c2)cc1F. The fourth-order valence-corrected chi connectivity index (χ4v) is 5.49. The molecule has 0 unspecified atom stereocenters. The zero-order valence-electron chi connectivity index (χ0n) is 18.6. The largest absolute Gasteiger partial charge is 0.454 e. The van der Waals surface area contributed by atoms with E-state index in [9.17, 15) is 17.2 Å². The lowest BCUT2D eigenvalue weighted by Gasteiger charge is -2.30. The lowest BCUT2D eigenvalue weighted by Crippen LogP contribution is -2.36. The molecule has 1 saturated heterocycles. The van der Waals surface area contributed by atoms with Crippen LogP contribution in [0.25, 0.3) is 11.1 Å². The Hall–Kier alpha value is -3.12. The van der Waals surface area contributed by atoms with Crippen molar-refractivity contribution in [3.63, 3.8) is 0 Å². The van der Waals surface area contributed by atoms with Crippen LogP contribution in [0.1, 0.15) is 12.1 Å². The van der Waals surface area contributed by atoms with Gasteiger partial charge in [-0.05, 0) is 55.4 Å². The van der Waals surface area contributed by atoms with E-state index in [1.165, 1.54) is 10.9 Å². The Kier molecular flexibility index (Phi) is 6.89. The van der Waals surface area contributed by atoms with Crippen LogP contribution >= 0.6 is 22.9 Å². The molecule has 1 aliphatic rings. The van der Waals surface area contributed by atoms with Crippen LogP contribution in [-0.2, 0) is 16.6 Å². The van der Waals surface area contributed by atoms with Crippen molar-refractivity contribution < 1.29 is 21.9 Å². The van der Waals surface area contributed by atoms with Crippen LogP contribution in [0.2, 0.25) is 5.02 Å². The molecule has 1 fully saturated rings. The highest BCUT2D eigenvalue weighted by Crippen LogP contribution is 2.37. The van der Waals surface area contributed by atoms with E-state index < -0.39 is 32.3 Å². The summed E-state index contributed by atoms with van der Waals surface area (Å²) in [5.41, 5.74) is 3.56. The number of nitrogens with zero attached hydrogens (tertiary/aromatic N) is 3. The highest BCUT2D eigenvalue weighted by molar-refractivity contribution is 7.92. The second-order valence-electron chi connectivity index (χ2n) is 8.10. The number of ether oxygens (including phenoxy) is 1. The van der Waals surface area contributed by atoms with Crippen LogP contribution in [0.15, 0.2) is 64.4 Å². The summed E-state index contributed by atoms with van der Waals surface area (Å²) in [5, 5.41) is 1.86. The molecule has 2 aromatic carbocycles. The van der Waals surface area contributed by atoms with Gasteiger partial charge in [-0.1, -0.05) is 11.6 Å². The number of nitrogens with one attached hydrogen (secondary N) is 1. The smallest absolute Gasteiger partial charge is 0.266 e. The van der Waals surface area contributed by atoms with E-state index in [1.807, 2.05) is 6.07 Å². The van der Waals surface area contributed by atoms with E-state index in [0.717, 1.165) is 42.1 Å². The van der Waals surface area contributed by atoms with Gasteiger partial charge in [0, 0.05) is 40.8 Å². The van der Waals surface area contributed by atoms with E-state index in [2.05, 4.69) is 19.6 Å². The first kappa shape index (κ1) is 24.6. The van der Waals surface area contributed by atoms with Crippen LogP contribution in [0.3, 0.4) is 0 Å². The molecule has 0 aliphatic carbocycles. The van der Waals surface area contributed by atoms with Gasteiger partial charge in [0.15, 0.2) is 17.4 Å². The minimum absolute atomic E-state index is 0.0109. The van der Waals surface area contributed by atoms with Crippen LogP contribution in [0, 0.1) is 11.6 Å². The minimum Gasteiger partial charge on any atom is -0.454 e. The zero-order valence-corrected chi connectivity index (χ0v) is 21.0. The number of aromatic nitrogens is 2. The lowest BCUT2D eigenvalue weighted by atomic mass is 10.0. The molecule has 4 aromatic rings. The fraction of sp³-hybridized carbons (Fsp3) is 0.167. The van der Waals surface area contributed by atoms with Gasteiger partial charge < -0.3 is 4.74 Å². The third-order valence-electron chi connectivity index (χ3n) is 5.57. The number of likely N-dealkylation sites (tertiary alicyclic amines) is 1. The summed E-state index contributed by atoms with van der Waals surface area (Å²) >= 11 is 7.37. The van der Waals surface area contributed by atoms with E-state index in [0.29, 0.717) is 29.3 Å². The van der Waals surface area contributed by atoms with Gasteiger partial charge in [0.2, 0.25) is 0 Å². The number of hydrogen-bond donors (Lipinski definition) is 1. The van der Waals surface area contributed by atoms with Crippen molar-refractivity contribution in [3.8, 4) is 22.6 Å². The van der Waals surface area contributed by atoms with Crippen molar-refractivity contribution in [3.05, 3.63) is 81.9 Å². The van der Waals surface area contributed by atoms with Crippen LogP contribution in [0.4, 0.5) is 14.6 Å². The van der Waals surface area contributed by atoms with Crippen molar-refractivity contribution in [1.29, 1.82) is 0 Å². The Balaban J connectivity index is 1.45. The molecule has 7 nitrogen and oxygen atoms in total. The lowest BCUT2D eigenvalue weighted by molar-refractivity contribution is 0.170. The molecule has 0 bridgehead atoms. The first-order valence-electron chi connectivity index (χ1n) is 10.8. The molecule has 1 N–H and O–H groups in total. The summed E-state index contributed by atoms with van der Waals surface area (Å²) in [7, 11) is -4.40. The predicted octanol–water partition coefficient (Wildman–Crippen LogP) is 5.94. The number of halogens is 3. The second-order valence-corrected chi connectivity index (χ2v) is 10.9. The molecule has 2 aromatic heterocycles. The molecule has 0 saturated carbocycles. The standard InChI is InChI=1S/C24H19ClF2N4O3S2/c25-16-2-3-21(18(9-16)15-4-5-28-17(8-15)12-31-6-1-7-31)34-22-10-20(27)23(11-19(22)26)36(32,33)30-24-13-35-14-29-24/h2-5,8-11,13-14,30H,1,6-7,12H2. The molecule has 0 spiro atoms. The number of pyridine rings is 1. The van der Waals surface area contributed by atoms with E-state index in [-0.39, 0.29) is 11.6 Å². The third kappa shape index (κ3) is 5.34. The van der Waals surface area contributed by atoms with Crippen molar-refractivity contribution >= 4 is 38.8 Å². The molecule has 1 aliphatic heterocycles. The number of sulfonamides is 1. The van der Waals surface area contributed by atoms with Crippen molar-refractivity contribution in [2.45, 2.75) is 17.9 Å². The van der Waals surface area contributed by atoms with E-state index in [1.54, 1.807) is 30.5 Å². The number of rotatable bonds is 8. The highest BCUT2D eigenvalue weighted by Gasteiger charge is 2.24. The fourth-order valence-electron chi connectivity index (χ4n) is 3.69. The number of hydrogen-bond acceptors (Lipinski definition) is 7. The third-order valence-corrected chi connectivity index (χ3v) is 7.76. The van der Waals surface area contributed by atoms with Gasteiger partial charge in [-0.25, -0.2) is 22.2 Å². The average molecular weight is 549 g/mol. The highest BCUT2D eigenvalue weighted by atomic mass is 35.5. The molecular weight excluding hydrogens is 530 g/mol. The summed E-state index contributed by atoms with van der Waals surface area (Å²) in [4.78, 5) is 9.62. The van der Waals surface area contributed by atoms with E-state index >= 15 is 0 Å². The maximum Gasteiger partial charge on any atom is 0.266 e. The molecule has 0 radical (unpaired) electrons. The minimum atomic E-state index is -4.40. The molecule has 0 amide bonds. The molecular formula is C24H19ClF2N4O3S2. The zero-order chi connectivity index (χ0) is 25.3. The van der Waals surface area contributed by atoms with Gasteiger partial charge in [0.1, 0.15) is 16.5 Å². The molecule has 36 heavy (non-hydrogen) atoms. The van der Waals surface area contributed by atoms with Crippen molar-refractivity contribution in [2.24, 2.45) is 0 Å². The predicted molar refractivity (Wildman–Crippen MR) is 134 cm³/mol. The maximum atomic E-state index is 15.0. The van der Waals surface area contributed by atoms with Gasteiger partial charge in [-0.2, -0.15) is 0 Å². The van der Waals surface area contributed by atoms with Gasteiger partial charge in [-0.3, -0.25) is 14.6 Å². The quantitative estimate of drug-likeness (QED) is 0.293. The summed E-state index contributed by atoms with van der Waals surface area (Å²) in [6.45, 7) is 2.75. The van der Waals surface area contributed by atoms with Crippen LogP contribution in [0.5, 0.6) is 11.5 Å². The first-order valence-corrected chi connectivity index (χ1v) is 13.6. The molecule has 0 atom stereocenters. The van der Waals surface area contributed by atoms with Gasteiger partial charge >= 0.3 is 0 Å². The van der Waals surface area contributed by atoms with Gasteiger partial charge in [-0.15, -0.1) is 11.3 Å². The normalized spacial score (nSPS) is 13.9. The number of benzene rings is 2. The van der Waals surface area contributed by atoms with Gasteiger partial charge in [0.05, 0.1) is 11.2 Å². The molecule has 3 heterocycles. The Bertz CT molecular complexity index is 1510. The van der Waals surface area contributed by atoms with Crippen LogP contribution < -0.4 is 9.46 Å². The van der Waals surface area contributed by atoms with Gasteiger partial charge in [0.25, 0.3) is 10.0 Å². The maximum absolute atomic E-state index is 15.0. The molecule has 12 heteroatoms. The first-order chi connectivity index (χ1) is 17.3. The number of thiazole rings is 1. The summed E-state index contributed by atoms with van der Waals surface area (Å²) in [5.74, 6) is -2.47.